The number of amides is 2. The number of hydrogen-bond donors (Lipinski definition) is 0. The molecule has 2 aliphatic heterocycles. The van der Waals surface area contributed by atoms with Gasteiger partial charge in [-0.05, 0) is 36.3 Å². The Morgan fingerprint density at radius 3 is 2.65 bits per heavy atom. The smallest absolute Gasteiger partial charge is 0.263 e. The van der Waals surface area contributed by atoms with E-state index in [1.807, 2.05) is 12.1 Å². The van der Waals surface area contributed by atoms with E-state index in [2.05, 4.69) is 21.9 Å². The van der Waals surface area contributed by atoms with E-state index in [1.54, 1.807) is 30.3 Å². The molecule has 0 N–H and O–H groups in total. The minimum atomic E-state index is 0.0519. The molecule has 6 nitrogen and oxygen atoms in total. The Morgan fingerprint density at radius 1 is 1.10 bits per heavy atom. The number of thiophene rings is 1. The van der Waals surface area contributed by atoms with Crippen LogP contribution in [0, 0.1) is 0 Å². The van der Waals surface area contributed by atoms with Gasteiger partial charge in [0.05, 0.1) is 24.6 Å². The molecule has 2 saturated heterocycles. The van der Waals surface area contributed by atoms with Crippen LogP contribution in [0.1, 0.15) is 40.9 Å². The van der Waals surface area contributed by atoms with Gasteiger partial charge >= 0.3 is 0 Å². The SMILES string of the molecule is CN(C)C(=O)c1sc2ccccc2c1C[C@@H]1CCCCCN1C(=O)CN1CCOCC1. The van der Waals surface area contributed by atoms with Gasteiger partial charge in [-0.2, -0.15) is 0 Å². The largest absolute Gasteiger partial charge is 0.379 e. The van der Waals surface area contributed by atoms with Crippen molar-refractivity contribution < 1.29 is 14.3 Å². The molecule has 2 fully saturated rings. The molecule has 1 aromatic heterocycles. The zero-order valence-corrected chi connectivity index (χ0v) is 19.5. The quantitative estimate of drug-likeness (QED) is 0.712. The van der Waals surface area contributed by atoms with Crippen LogP contribution in [-0.4, -0.2) is 86.0 Å². The first kappa shape index (κ1) is 22.2. The zero-order chi connectivity index (χ0) is 21.8. The van der Waals surface area contributed by atoms with Crippen molar-refractivity contribution in [3.8, 4) is 0 Å². The number of likely N-dealkylation sites (tertiary alicyclic amines) is 1. The molecular formula is C24H33N3O3S. The molecule has 7 heteroatoms. The predicted molar refractivity (Wildman–Crippen MR) is 125 cm³/mol. The van der Waals surface area contributed by atoms with E-state index < -0.39 is 0 Å². The lowest BCUT2D eigenvalue weighted by Crippen LogP contribution is -2.48. The number of fused-ring (bicyclic) bond motifs is 1. The van der Waals surface area contributed by atoms with Crippen molar-refractivity contribution in [1.82, 2.24) is 14.7 Å². The minimum Gasteiger partial charge on any atom is -0.379 e. The predicted octanol–water partition coefficient (Wildman–Crippen LogP) is 3.25. The highest BCUT2D eigenvalue weighted by Crippen LogP contribution is 2.34. The maximum absolute atomic E-state index is 13.3. The van der Waals surface area contributed by atoms with Gasteiger partial charge in [0.15, 0.2) is 0 Å². The summed E-state index contributed by atoms with van der Waals surface area (Å²) < 4.78 is 6.57. The average Bonchev–Trinajstić information content (AvgIpc) is 2.96. The summed E-state index contributed by atoms with van der Waals surface area (Å²) in [5.74, 6) is 0.268. The fourth-order valence-corrected chi connectivity index (χ4v) is 5.93. The molecule has 1 aromatic carbocycles. The monoisotopic (exact) mass is 443 g/mol. The van der Waals surface area contributed by atoms with Gasteiger partial charge < -0.3 is 14.5 Å². The standard InChI is InChI=1S/C24H33N3O3S/c1-25(2)24(29)23-20(19-9-5-6-10-21(19)31-23)16-18-8-4-3-7-11-27(18)22(28)17-26-12-14-30-15-13-26/h5-6,9-10,18H,3-4,7-8,11-17H2,1-2H3/t18-/m0/s1. The van der Waals surface area contributed by atoms with E-state index in [9.17, 15) is 9.59 Å². The molecule has 4 rings (SSSR count). The van der Waals surface area contributed by atoms with Crippen LogP contribution in [0.15, 0.2) is 24.3 Å². The van der Waals surface area contributed by atoms with Crippen molar-refractivity contribution in [2.45, 2.75) is 38.1 Å². The van der Waals surface area contributed by atoms with E-state index in [4.69, 9.17) is 4.74 Å². The van der Waals surface area contributed by atoms with E-state index in [0.29, 0.717) is 19.8 Å². The lowest BCUT2D eigenvalue weighted by molar-refractivity contribution is -0.135. The highest BCUT2D eigenvalue weighted by molar-refractivity contribution is 7.21. The van der Waals surface area contributed by atoms with Gasteiger partial charge in [-0.3, -0.25) is 14.5 Å². The van der Waals surface area contributed by atoms with Gasteiger partial charge in [0.1, 0.15) is 0 Å². The van der Waals surface area contributed by atoms with Gasteiger partial charge in [0.25, 0.3) is 5.91 Å². The lowest BCUT2D eigenvalue weighted by Gasteiger charge is -2.34. The Labute approximate surface area is 188 Å². The number of carbonyl (C=O) groups is 2. The third kappa shape index (κ3) is 5.10. The highest BCUT2D eigenvalue weighted by Gasteiger charge is 2.30. The van der Waals surface area contributed by atoms with Crippen LogP contribution in [-0.2, 0) is 16.0 Å². The summed E-state index contributed by atoms with van der Waals surface area (Å²) in [6.07, 6.45) is 5.08. The molecule has 0 aliphatic carbocycles. The Balaban J connectivity index is 1.60. The van der Waals surface area contributed by atoms with Crippen LogP contribution >= 0.6 is 11.3 Å². The molecule has 0 bridgehead atoms. The first-order valence-corrected chi connectivity index (χ1v) is 12.2. The molecule has 168 valence electrons. The van der Waals surface area contributed by atoms with Crippen molar-refractivity contribution in [1.29, 1.82) is 0 Å². The number of nitrogens with zero attached hydrogens (tertiary/aromatic N) is 3. The van der Waals surface area contributed by atoms with E-state index in [0.717, 1.165) is 72.3 Å². The highest BCUT2D eigenvalue weighted by atomic mass is 32.1. The maximum atomic E-state index is 13.3. The number of hydrogen-bond acceptors (Lipinski definition) is 5. The van der Waals surface area contributed by atoms with E-state index in [-0.39, 0.29) is 17.9 Å². The second-order valence-corrected chi connectivity index (χ2v) is 9.84. The first-order chi connectivity index (χ1) is 15.0. The number of benzene rings is 1. The summed E-state index contributed by atoms with van der Waals surface area (Å²) in [5, 5.41) is 1.16. The van der Waals surface area contributed by atoms with E-state index in [1.165, 1.54) is 0 Å². The van der Waals surface area contributed by atoms with Gasteiger partial charge in [0, 0.05) is 44.5 Å². The van der Waals surface area contributed by atoms with Crippen molar-refractivity contribution in [2.24, 2.45) is 0 Å². The van der Waals surface area contributed by atoms with Gasteiger partial charge in [-0.1, -0.05) is 31.0 Å². The molecular weight excluding hydrogens is 410 g/mol. The maximum Gasteiger partial charge on any atom is 0.263 e. The van der Waals surface area contributed by atoms with Crippen molar-refractivity contribution in [3.05, 3.63) is 34.7 Å². The number of rotatable bonds is 5. The molecule has 3 heterocycles. The second-order valence-electron chi connectivity index (χ2n) is 8.79. The van der Waals surface area contributed by atoms with Crippen LogP contribution < -0.4 is 0 Å². The van der Waals surface area contributed by atoms with Crippen molar-refractivity contribution in [3.63, 3.8) is 0 Å². The topological polar surface area (TPSA) is 53.1 Å². The summed E-state index contributed by atoms with van der Waals surface area (Å²) >= 11 is 1.58. The second kappa shape index (κ2) is 10.1. The normalized spacial score (nSPS) is 20.6. The van der Waals surface area contributed by atoms with Crippen molar-refractivity contribution >= 4 is 33.2 Å². The first-order valence-electron chi connectivity index (χ1n) is 11.4. The molecule has 1 atom stereocenters. The molecule has 0 unspecified atom stereocenters. The van der Waals surface area contributed by atoms with Crippen LogP contribution in [0.2, 0.25) is 0 Å². The average molecular weight is 444 g/mol. The van der Waals surface area contributed by atoms with Crippen molar-refractivity contribution in [2.75, 3.05) is 53.5 Å². The van der Waals surface area contributed by atoms with Crippen LogP contribution in [0.3, 0.4) is 0 Å². The Morgan fingerprint density at radius 2 is 1.87 bits per heavy atom. The van der Waals surface area contributed by atoms with Gasteiger partial charge in [-0.25, -0.2) is 0 Å². The third-order valence-corrected chi connectivity index (χ3v) is 7.60. The van der Waals surface area contributed by atoms with Crippen LogP contribution in [0.4, 0.5) is 0 Å². The number of carbonyl (C=O) groups excluding carboxylic acids is 2. The fourth-order valence-electron chi connectivity index (χ4n) is 4.67. The number of ether oxygens (including phenoxy) is 1. The Bertz CT molecular complexity index is 920. The molecule has 2 amide bonds. The number of morpholine rings is 1. The van der Waals surface area contributed by atoms with E-state index >= 15 is 0 Å². The molecule has 0 radical (unpaired) electrons. The van der Waals surface area contributed by atoms with Crippen LogP contribution in [0.25, 0.3) is 10.1 Å². The Hall–Kier alpha value is -1.96. The zero-order valence-electron chi connectivity index (χ0n) is 18.6. The summed E-state index contributed by atoms with van der Waals surface area (Å²) in [4.78, 5) is 33.1. The third-order valence-electron chi connectivity index (χ3n) is 6.40. The van der Waals surface area contributed by atoms with Gasteiger partial charge in [0.2, 0.25) is 5.91 Å². The molecule has 0 spiro atoms. The minimum absolute atomic E-state index is 0.0519. The summed E-state index contributed by atoms with van der Waals surface area (Å²) in [7, 11) is 3.61. The van der Waals surface area contributed by atoms with Gasteiger partial charge in [-0.15, -0.1) is 11.3 Å². The summed E-state index contributed by atoms with van der Waals surface area (Å²) in [6, 6.07) is 8.41. The molecule has 2 aliphatic rings. The fraction of sp³-hybridized carbons (Fsp3) is 0.583. The van der Waals surface area contributed by atoms with Crippen LogP contribution in [0.5, 0.6) is 0 Å². The Kier molecular flexibility index (Phi) is 7.25. The molecule has 31 heavy (non-hydrogen) atoms. The summed E-state index contributed by atoms with van der Waals surface area (Å²) in [6.45, 7) is 4.32. The molecule has 0 saturated carbocycles. The molecule has 2 aromatic rings. The lowest BCUT2D eigenvalue weighted by atomic mass is 9.97. The summed E-state index contributed by atoms with van der Waals surface area (Å²) in [5.41, 5.74) is 1.11.